The van der Waals surface area contributed by atoms with Gasteiger partial charge in [-0.25, -0.2) is 0 Å². The summed E-state index contributed by atoms with van der Waals surface area (Å²) in [5, 5.41) is 11.9. The van der Waals surface area contributed by atoms with E-state index in [1.54, 1.807) is 19.1 Å². The van der Waals surface area contributed by atoms with E-state index in [9.17, 15) is 10.1 Å². The second kappa shape index (κ2) is 3.47. The molecule has 0 aliphatic rings. The average Bonchev–Trinajstić information content (AvgIpc) is 2.16. The zero-order chi connectivity index (χ0) is 11.0. The molecule has 0 amide bonds. The third-order valence-corrected chi connectivity index (χ3v) is 2.39. The molecule has 1 aromatic carbocycles. The largest absolute Gasteiger partial charge is 0.271 e. The monoisotopic (exact) mass is 222 g/mol. The molecule has 0 aliphatic carbocycles. The lowest BCUT2D eigenvalue weighted by atomic mass is 10.2. The van der Waals surface area contributed by atoms with Crippen LogP contribution < -0.4 is 0 Å². The molecule has 0 unspecified atom stereocenters. The maximum absolute atomic E-state index is 10.6. The van der Waals surface area contributed by atoms with E-state index >= 15 is 0 Å². The Morgan fingerprint density at radius 2 is 2.13 bits per heavy atom. The summed E-state index contributed by atoms with van der Waals surface area (Å²) < 4.78 is 0. The first-order valence-corrected chi connectivity index (χ1v) is 4.67. The summed E-state index contributed by atoms with van der Waals surface area (Å²) in [6, 6.07) is 6.19. The van der Waals surface area contributed by atoms with Crippen LogP contribution in [-0.4, -0.2) is 9.91 Å². The average molecular weight is 223 g/mol. The van der Waals surface area contributed by atoms with E-state index in [1.165, 1.54) is 12.1 Å². The topological polar surface area (TPSA) is 56.0 Å². The van der Waals surface area contributed by atoms with Crippen molar-refractivity contribution in [3.05, 3.63) is 45.1 Å². The highest BCUT2D eigenvalue weighted by Gasteiger charge is 2.09. The summed E-state index contributed by atoms with van der Waals surface area (Å²) >= 11 is 5.98. The van der Waals surface area contributed by atoms with Gasteiger partial charge in [-0.2, -0.15) is 0 Å². The second-order valence-corrected chi connectivity index (χ2v) is 3.61. The Labute approximate surface area is 90.7 Å². The molecule has 15 heavy (non-hydrogen) atoms. The molecule has 76 valence electrons. The summed E-state index contributed by atoms with van der Waals surface area (Å²) in [6.07, 6.45) is 0. The Morgan fingerprint density at radius 3 is 2.80 bits per heavy atom. The van der Waals surface area contributed by atoms with Crippen molar-refractivity contribution >= 4 is 28.2 Å². The van der Waals surface area contributed by atoms with Crippen LogP contribution in [0, 0.1) is 17.0 Å². The predicted molar refractivity (Wildman–Crippen MR) is 58.1 cm³/mol. The molecular weight excluding hydrogens is 216 g/mol. The summed E-state index contributed by atoms with van der Waals surface area (Å²) in [5.41, 5.74) is 1.32. The molecule has 0 atom stereocenters. The smallest absolute Gasteiger partial charge is 0.258 e. The number of fused-ring (bicyclic) bond motifs is 1. The fourth-order valence-corrected chi connectivity index (χ4v) is 1.73. The number of hydrogen-bond donors (Lipinski definition) is 0. The molecule has 0 spiro atoms. The van der Waals surface area contributed by atoms with Crippen LogP contribution in [0.5, 0.6) is 0 Å². The lowest BCUT2D eigenvalue weighted by Gasteiger charge is -2.01. The van der Waals surface area contributed by atoms with E-state index < -0.39 is 4.92 Å². The Bertz CT molecular complexity index is 554. The van der Waals surface area contributed by atoms with Gasteiger partial charge in [0.05, 0.1) is 15.5 Å². The Hall–Kier alpha value is -1.68. The number of rotatable bonds is 1. The van der Waals surface area contributed by atoms with Gasteiger partial charge in [0, 0.05) is 23.2 Å². The van der Waals surface area contributed by atoms with Crippen LogP contribution in [0.1, 0.15) is 5.69 Å². The SMILES string of the molecule is Cc1cc(Cl)c2ccc([N+](=O)[O-])cc2n1. The summed E-state index contributed by atoms with van der Waals surface area (Å²) in [4.78, 5) is 14.3. The standard InChI is InChI=1S/C10H7ClN2O2/c1-6-4-9(11)8-3-2-7(13(14)15)5-10(8)12-6/h2-5H,1H3. The van der Waals surface area contributed by atoms with Gasteiger partial charge in [-0.3, -0.25) is 15.1 Å². The highest BCUT2D eigenvalue weighted by Crippen LogP contribution is 2.26. The first-order chi connectivity index (χ1) is 7.08. The van der Waals surface area contributed by atoms with Crippen molar-refractivity contribution < 1.29 is 4.92 Å². The molecule has 2 aromatic rings. The number of benzene rings is 1. The molecular formula is C10H7ClN2O2. The van der Waals surface area contributed by atoms with Crippen molar-refractivity contribution in [3.63, 3.8) is 0 Å². The number of hydrogen-bond acceptors (Lipinski definition) is 3. The van der Waals surface area contributed by atoms with Crippen molar-refractivity contribution in [2.45, 2.75) is 6.92 Å². The number of nitro benzene ring substituents is 1. The fourth-order valence-electron chi connectivity index (χ4n) is 1.41. The number of nitro groups is 1. The molecule has 5 heteroatoms. The minimum absolute atomic E-state index is 0.0247. The molecule has 2 rings (SSSR count). The van der Waals surface area contributed by atoms with Gasteiger partial charge in [0.2, 0.25) is 0 Å². The van der Waals surface area contributed by atoms with Crippen LogP contribution in [0.4, 0.5) is 5.69 Å². The minimum Gasteiger partial charge on any atom is -0.258 e. The molecule has 0 radical (unpaired) electrons. The maximum atomic E-state index is 10.6. The van der Waals surface area contributed by atoms with Crippen molar-refractivity contribution in [1.82, 2.24) is 4.98 Å². The maximum Gasteiger partial charge on any atom is 0.271 e. The van der Waals surface area contributed by atoms with Gasteiger partial charge in [0.15, 0.2) is 0 Å². The molecule has 0 N–H and O–H groups in total. The molecule has 0 bridgehead atoms. The van der Waals surface area contributed by atoms with E-state index in [0.29, 0.717) is 10.5 Å². The predicted octanol–water partition coefficient (Wildman–Crippen LogP) is 3.10. The summed E-state index contributed by atoms with van der Waals surface area (Å²) in [6.45, 7) is 1.80. The highest BCUT2D eigenvalue weighted by molar-refractivity contribution is 6.35. The zero-order valence-electron chi connectivity index (χ0n) is 7.90. The molecule has 0 saturated carbocycles. The van der Waals surface area contributed by atoms with Crippen molar-refractivity contribution in [3.8, 4) is 0 Å². The third kappa shape index (κ3) is 1.76. The van der Waals surface area contributed by atoms with Crippen LogP contribution in [-0.2, 0) is 0 Å². The highest BCUT2D eigenvalue weighted by atomic mass is 35.5. The van der Waals surface area contributed by atoms with Crippen molar-refractivity contribution in [2.24, 2.45) is 0 Å². The normalized spacial score (nSPS) is 10.5. The third-order valence-electron chi connectivity index (χ3n) is 2.08. The van der Waals surface area contributed by atoms with Crippen LogP contribution in [0.25, 0.3) is 10.9 Å². The van der Waals surface area contributed by atoms with Gasteiger partial charge in [0.25, 0.3) is 5.69 Å². The fraction of sp³-hybridized carbons (Fsp3) is 0.100. The molecule has 1 heterocycles. The van der Waals surface area contributed by atoms with E-state index in [1.807, 2.05) is 0 Å². The van der Waals surface area contributed by atoms with Crippen molar-refractivity contribution in [2.75, 3.05) is 0 Å². The van der Waals surface area contributed by atoms with Gasteiger partial charge in [-0.1, -0.05) is 11.6 Å². The Balaban J connectivity index is 2.76. The quantitative estimate of drug-likeness (QED) is 0.550. The Kier molecular flexibility index (Phi) is 2.28. The van der Waals surface area contributed by atoms with Crippen LogP contribution >= 0.6 is 11.6 Å². The molecule has 0 aliphatic heterocycles. The number of non-ortho nitro benzene ring substituents is 1. The number of nitrogens with zero attached hydrogens (tertiary/aromatic N) is 2. The van der Waals surface area contributed by atoms with E-state index in [4.69, 9.17) is 11.6 Å². The first kappa shape index (κ1) is 9.86. The summed E-state index contributed by atoms with van der Waals surface area (Å²) in [5.74, 6) is 0. The molecule has 0 fully saturated rings. The van der Waals surface area contributed by atoms with Gasteiger partial charge < -0.3 is 0 Å². The lowest BCUT2D eigenvalue weighted by Crippen LogP contribution is -1.90. The molecule has 0 saturated heterocycles. The number of aryl methyl sites for hydroxylation is 1. The van der Waals surface area contributed by atoms with Gasteiger partial charge >= 0.3 is 0 Å². The minimum atomic E-state index is -0.447. The zero-order valence-corrected chi connectivity index (χ0v) is 8.65. The van der Waals surface area contributed by atoms with Crippen molar-refractivity contribution in [1.29, 1.82) is 0 Å². The lowest BCUT2D eigenvalue weighted by molar-refractivity contribution is -0.384. The van der Waals surface area contributed by atoms with E-state index in [-0.39, 0.29) is 5.69 Å². The number of halogens is 1. The number of aromatic nitrogens is 1. The molecule has 1 aromatic heterocycles. The van der Waals surface area contributed by atoms with Gasteiger partial charge in [0.1, 0.15) is 0 Å². The number of pyridine rings is 1. The van der Waals surface area contributed by atoms with Crippen LogP contribution in [0.2, 0.25) is 5.02 Å². The second-order valence-electron chi connectivity index (χ2n) is 3.20. The van der Waals surface area contributed by atoms with Crippen LogP contribution in [0.15, 0.2) is 24.3 Å². The summed E-state index contributed by atoms with van der Waals surface area (Å²) in [7, 11) is 0. The van der Waals surface area contributed by atoms with Gasteiger partial charge in [-0.15, -0.1) is 0 Å². The first-order valence-electron chi connectivity index (χ1n) is 4.29. The van der Waals surface area contributed by atoms with Crippen LogP contribution in [0.3, 0.4) is 0 Å². The Morgan fingerprint density at radius 1 is 1.40 bits per heavy atom. The van der Waals surface area contributed by atoms with E-state index in [2.05, 4.69) is 4.98 Å². The molecule has 4 nitrogen and oxygen atoms in total. The van der Waals surface area contributed by atoms with Gasteiger partial charge in [-0.05, 0) is 19.1 Å². The van der Waals surface area contributed by atoms with E-state index in [0.717, 1.165) is 11.1 Å².